The van der Waals surface area contributed by atoms with Crippen LogP contribution in [-0.2, 0) is 6.18 Å². The number of alkyl halides is 3. The Hall–Kier alpha value is -1.72. The molecule has 1 N–H and O–H groups in total. The summed E-state index contributed by atoms with van der Waals surface area (Å²) in [4.78, 5) is 0. The van der Waals surface area contributed by atoms with Crippen LogP contribution in [-0.4, -0.2) is 13.6 Å². The first-order valence-corrected chi connectivity index (χ1v) is 6.50. The van der Waals surface area contributed by atoms with Crippen molar-refractivity contribution in [2.24, 2.45) is 0 Å². The van der Waals surface area contributed by atoms with Crippen molar-refractivity contribution in [2.45, 2.75) is 18.7 Å². The average Bonchev–Trinajstić information content (AvgIpc) is 2.63. The van der Waals surface area contributed by atoms with Gasteiger partial charge in [0.1, 0.15) is 11.8 Å². The first-order valence-electron chi connectivity index (χ1n) is 9.50. The molecule has 1 atom stereocenters. The first kappa shape index (κ1) is 11.8. The van der Waals surface area contributed by atoms with Crippen molar-refractivity contribution in [3.05, 3.63) is 65.6 Å². The smallest absolute Gasteiger partial charge is 0.416 e. The lowest BCUT2D eigenvalue weighted by Crippen LogP contribution is -2.16. The van der Waals surface area contributed by atoms with Gasteiger partial charge in [0.2, 0.25) is 0 Å². The normalized spacial score (nSPS) is 17.4. The van der Waals surface area contributed by atoms with Gasteiger partial charge < -0.3 is 10.1 Å². The Bertz CT molecular complexity index is 837. The van der Waals surface area contributed by atoms with Crippen LogP contribution >= 0.6 is 12.4 Å². The molecule has 2 aromatic carbocycles. The number of nitrogens with one attached hydrogen (secondary N) is 1. The zero-order chi connectivity index (χ0) is 21.3. The number of hydrogen-bond acceptors (Lipinski definition) is 2. The maximum absolute atomic E-state index is 12.7. The van der Waals surface area contributed by atoms with Crippen LogP contribution in [0.1, 0.15) is 31.9 Å². The van der Waals surface area contributed by atoms with Crippen molar-refractivity contribution in [1.82, 2.24) is 5.32 Å². The molecule has 0 aliphatic heterocycles. The molecule has 23 heavy (non-hydrogen) atoms. The molecule has 2 nitrogen and oxygen atoms in total. The highest BCUT2D eigenvalue weighted by atomic mass is 35.5. The largest absolute Gasteiger partial charge is 0.486 e. The van der Waals surface area contributed by atoms with Crippen LogP contribution in [0.25, 0.3) is 0 Å². The van der Waals surface area contributed by atoms with Gasteiger partial charge in [-0.15, -0.1) is 12.4 Å². The van der Waals surface area contributed by atoms with Crippen molar-refractivity contribution in [2.75, 3.05) is 13.6 Å². The summed E-state index contributed by atoms with van der Waals surface area (Å²) in [5.74, 6) is -0.0917. The van der Waals surface area contributed by atoms with Gasteiger partial charge in [-0.2, -0.15) is 13.2 Å². The van der Waals surface area contributed by atoms with Crippen LogP contribution in [0.2, 0.25) is 0 Å². The van der Waals surface area contributed by atoms with Gasteiger partial charge in [0.05, 0.1) is 13.8 Å². The van der Waals surface area contributed by atoms with Crippen LogP contribution < -0.4 is 10.1 Å². The lowest BCUT2D eigenvalue weighted by Gasteiger charge is -2.20. The predicted octanol–water partition coefficient (Wildman–Crippen LogP) is 4.86. The van der Waals surface area contributed by atoms with E-state index in [0.29, 0.717) is 0 Å². The summed E-state index contributed by atoms with van der Waals surface area (Å²) in [6.07, 6.45) is -6.76. The van der Waals surface area contributed by atoms with Gasteiger partial charge in [-0.25, -0.2) is 0 Å². The number of ether oxygens (including phenoxy) is 1. The minimum Gasteiger partial charge on any atom is -0.486 e. The molecule has 0 radical (unpaired) electrons. The van der Waals surface area contributed by atoms with Crippen LogP contribution in [0, 0.1) is 0 Å². The van der Waals surface area contributed by atoms with Crippen LogP contribution in [0.3, 0.4) is 0 Å². The molecule has 0 aliphatic rings. The molecule has 0 fully saturated rings. The third kappa shape index (κ3) is 5.77. The van der Waals surface area contributed by atoms with Crippen molar-refractivity contribution in [1.29, 1.82) is 0 Å². The lowest BCUT2D eigenvalue weighted by molar-refractivity contribution is -0.137. The first-order chi connectivity index (χ1) is 12.9. The summed E-state index contributed by atoms with van der Waals surface area (Å²) in [6, 6.07) is 0.603. The minimum absolute atomic E-state index is 0. The Kier molecular flexibility index (Phi) is 4.50. The molecule has 0 spiro atoms. The third-order valence-electron chi connectivity index (χ3n) is 2.80. The molecule has 2 aromatic rings. The molecule has 2 rings (SSSR count). The second-order valence-corrected chi connectivity index (χ2v) is 4.40. The van der Waals surface area contributed by atoms with Gasteiger partial charge in [0.15, 0.2) is 0 Å². The van der Waals surface area contributed by atoms with Crippen molar-refractivity contribution >= 4 is 12.4 Å². The van der Waals surface area contributed by atoms with Crippen molar-refractivity contribution in [3.8, 4) is 5.75 Å². The van der Waals surface area contributed by atoms with Crippen molar-refractivity contribution < 1.29 is 26.1 Å². The Labute approximate surface area is 148 Å². The number of benzene rings is 2. The standard InChI is InChI=1S/C17H18F3NO.ClH/c1-21-12-11-16(13-5-3-2-4-6-13)22-15-9-7-14(8-10-15)17(18,19)20;/h2-10,16,21H,11-12H2,1H3;1H/i2D,3D,4D,5D,6D,16D;. The minimum atomic E-state index is -4.53. The molecule has 0 bridgehead atoms. The molecule has 0 aromatic heterocycles. The highest BCUT2D eigenvalue weighted by Crippen LogP contribution is 2.31. The van der Waals surface area contributed by atoms with E-state index in [1.165, 1.54) is 0 Å². The molecule has 0 heterocycles. The van der Waals surface area contributed by atoms with E-state index in [1.54, 1.807) is 7.05 Å². The van der Waals surface area contributed by atoms with Gasteiger partial charge in [-0.05, 0) is 43.4 Å². The molecule has 1 unspecified atom stereocenters. The Morgan fingerprint density at radius 2 is 1.78 bits per heavy atom. The van der Waals surface area contributed by atoms with Gasteiger partial charge in [0, 0.05) is 6.42 Å². The fourth-order valence-electron chi connectivity index (χ4n) is 1.71. The maximum atomic E-state index is 12.7. The molecule has 0 aliphatic carbocycles. The molecular weight excluding hydrogens is 327 g/mol. The molecule has 0 saturated heterocycles. The van der Waals surface area contributed by atoms with E-state index in [1.807, 2.05) is 0 Å². The monoisotopic (exact) mass is 351 g/mol. The Balaban J connectivity index is 0.00000420. The van der Waals surface area contributed by atoms with Crippen LogP contribution in [0.5, 0.6) is 5.75 Å². The summed E-state index contributed by atoms with van der Waals surface area (Å²) in [5.41, 5.74) is -1.28. The van der Waals surface area contributed by atoms with Gasteiger partial charge in [-0.3, -0.25) is 0 Å². The van der Waals surface area contributed by atoms with Gasteiger partial charge in [0.25, 0.3) is 0 Å². The zero-order valence-electron chi connectivity index (χ0n) is 18.2. The topological polar surface area (TPSA) is 21.3 Å². The van der Waals surface area contributed by atoms with E-state index in [0.717, 1.165) is 24.3 Å². The molecule has 0 amide bonds. The Morgan fingerprint density at radius 3 is 2.30 bits per heavy atom. The van der Waals surface area contributed by atoms with E-state index in [-0.39, 0.29) is 36.7 Å². The third-order valence-corrected chi connectivity index (χ3v) is 2.80. The second-order valence-electron chi connectivity index (χ2n) is 4.40. The quantitative estimate of drug-likeness (QED) is 0.802. The summed E-state index contributed by atoms with van der Waals surface area (Å²) in [7, 11) is 1.60. The van der Waals surface area contributed by atoms with E-state index in [9.17, 15) is 13.2 Å². The molecule has 126 valence electrons. The number of halogens is 4. The fraction of sp³-hybridized carbons (Fsp3) is 0.294. The summed E-state index contributed by atoms with van der Waals surface area (Å²) < 4.78 is 91.8. The average molecular weight is 352 g/mol. The van der Waals surface area contributed by atoms with Crippen molar-refractivity contribution in [3.63, 3.8) is 0 Å². The lowest BCUT2D eigenvalue weighted by atomic mass is 10.1. The maximum Gasteiger partial charge on any atom is 0.416 e. The number of hydrogen-bond donors (Lipinski definition) is 1. The fourth-order valence-corrected chi connectivity index (χ4v) is 1.71. The second kappa shape index (κ2) is 8.79. The van der Waals surface area contributed by atoms with E-state index >= 15 is 0 Å². The Morgan fingerprint density at radius 1 is 1.17 bits per heavy atom. The predicted molar refractivity (Wildman–Crippen MR) is 87.0 cm³/mol. The summed E-state index contributed by atoms with van der Waals surface area (Å²) >= 11 is 0. The molecule has 6 heteroatoms. The van der Waals surface area contributed by atoms with Crippen LogP contribution in [0.15, 0.2) is 54.5 Å². The highest BCUT2D eigenvalue weighted by molar-refractivity contribution is 5.85. The molecular formula is C17H19ClF3NO. The van der Waals surface area contributed by atoms with E-state index < -0.39 is 48.0 Å². The highest BCUT2D eigenvalue weighted by Gasteiger charge is 2.30. The summed E-state index contributed by atoms with van der Waals surface area (Å²) in [6.45, 7) is 0.201. The van der Waals surface area contributed by atoms with Gasteiger partial charge >= 0.3 is 6.18 Å². The van der Waals surface area contributed by atoms with Crippen LogP contribution in [0.4, 0.5) is 13.2 Å². The zero-order valence-corrected chi connectivity index (χ0v) is 13.0. The summed E-state index contributed by atoms with van der Waals surface area (Å²) in [5, 5.41) is 2.79. The number of rotatable bonds is 6. The molecule has 0 saturated carbocycles. The van der Waals surface area contributed by atoms with E-state index in [2.05, 4.69) is 5.32 Å². The van der Waals surface area contributed by atoms with E-state index in [4.69, 9.17) is 13.0 Å². The van der Waals surface area contributed by atoms with Gasteiger partial charge in [-0.1, -0.05) is 30.2 Å². The SMILES string of the molecule is Cl.[2H]c1c([2H])c([2H])c(C([2H])(CCNC)Oc2ccc(C(F)(F)F)cc2)c([2H])c1[2H].